The number of anilines is 1. The molecule has 27 heavy (non-hydrogen) atoms. The van der Waals surface area contributed by atoms with E-state index < -0.39 is 0 Å². The zero-order chi connectivity index (χ0) is 19.1. The quantitative estimate of drug-likeness (QED) is 0.556. The van der Waals surface area contributed by atoms with E-state index in [1.165, 1.54) is 24.8 Å². The van der Waals surface area contributed by atoms with Crippen LogP contribution < -0.4 is 11.1 Å². The molecule has 5 heteroatoms. The minimum Gasteiger partial charge on any atom is -0.408 e. The maximum Gasteiger partial charge on any atom is 0.419 e. The topological polar surface area (TPSA) is 64.2 Å². The van der Waals surface area contributed by atoms with E-state index in [9.17, 15) is 9.59 Å². The van der Waals surface area contributed by atoms with Gasteiger partial charge in [0.15, 0.2) is 5.58 Å². The number of para-hydroxylation sites is 2. The van der Waals surface area contributed by atoms with Crippen molar-refractivity contribution in [3.63, 3.8) is 0 Å². The first kappa shape index (κ1) is 19.0. The molecule has 3 aromatic rings. The molecule has 0 saturated carbocycles. The van der Waals surface area contributed by atoms with Gasteiger partial charge in [0.05, 0.1) is 5.52 Å². The van der Waals surface area contributed by atoms with Crippen molar-refractivity contribution in [2.75, 3.05) is 5.32 Å². The molecular formula is C22H26N2O3. The molecule has 0 aliphatic carbocycles. The second-order valence-electron chi connectivity index (χ2n) is 6.79. The van der Waals surface area contributed by atoms with Crippen LogP contribution >= 0.6 is 0 Å². The SMILES string of the molecule is CCCCCc1ccc(NC(=O)CCCn2c(=O)oc3ccccc32)cc1. The van der Waals surface area contributed by atoms with Crippen LogP contribution in [0.3, 0.4) is 0 Å². The number of carbonyl (C=O) groups excluding carboxylic acids is 1. The number of benzene rings is 2. The van der Waals surface area contributed by atoms with Crippen molar-refractivity contribution in [3.05, 3.63) is 64.6 Å². The summed E-state index contributed by atoms with van der Waals surface area (Å²) < 4.78 is 6.78. The van der Waals surface area contributed by atoms with E-state index >= 15 is 0 Å². The first-order chi connectivity index (χ1) is 13.2. The van der Waals surface area contributed by atoms with Gasteiger partial charge in [-0.3, -0.25) is 9.36 Å². The van der Waals surface area contributed by atoms with Gasteiger partial charge in [-0.15, -0.1) is 0 Å². The molecule has 3 rings (SSSR count). The number of amides is 1. The Morgan fingerprint density at radius 1 is 1.04 bits per heavy atom. The Morgan fingerprint density at radius 2 is 1.81 bits per heavy atom. The highest BCUT2D eigenvalue weighted by Gasteiger charge is 2.09. The van der Waals surface area contributed by atoms with Crippen LogP contribution in [0.5, 0.6) is 0 Å². The molecule has 1 aromatic heterocycles. The Bertz CT molecular complexity index is 938. The first-order valence-corrected chi connectivity index (χ1v) is 9.64. The molecule has 142 valence electrons. The number of unbranched alkanes of at least 4 members (excludes halogenated alkanes) is 2. The number of fused-ring (bicyclic) bond motifs is 1. The third-order valence-electron chi connectivity index (χ3n) is 4.67. The van der Waals surface area contributed by atoms with Crippen molar-refractivity contribution >= 4 is 22.7 Å². The Labute approximate surface area is 159 Å². The van der Waals surface area contributed by atoms with Crippen molar-refractivity contribution in [1.29, 1.82) is 0 Å². The normalized spacial score (nSPS) is 11.0. The minimum absolute atomic E-state index is 0.0467. The molecule has 0 fully saturated rings. The van der Waals surface area contributed by atoms with Crippen molar-refractivity contribution in [2.24, 2.45) is 0 Å². The predicted octanol–water partition coefficient (Wildman–Crippen LogP) is 4.75. The summed E-state index contributed by atoms with van der Waals surface area (Å²) in [6, 6.07) is 15.4. The number of hydrogen-bond donors (Lipinski definition) is 1. The third kappa shape index (κ3) is 5.09. The summed E-state index contributed by atoms with van der Waals surface area (Å²) in [6.07, 6.45) is 5.66. The number of hydrogen-bond acceptors (Lipinski definition) is 3. The van der Waals surface area contributed by atoms with Crippen LogP contribution in [0.25, 0.3) is 11.1 Å². The van der Waals surface area contributed by atoms with Gasteiger partial charge in [-0.25, -0.2) is 4.79 Å². The van der Waals surface area contributed by atoms with Crippen molar-refractivity contribution < 1.29 is 9.21 Å². The molecule has 1 heterocycles. The maximum atomic E-state index is 12.2. The molecule has 0 spiro atoms. The minimum atomic E-state index is -0.379. The maximum absolute atomic E-state index is 12.2. The third-order valence-corrected chi connectivity index (χ3v) is 4.67. The number of oxazole rings is 1. The van der Waals surface area contributed by atoms with Gasteiger partial charge in [-0.1, -0.05) is 44.0 Å². The molecule has 0 atom stereocenters. The molecule has 0 saturated heterocycles. The number of aryl methyl sites for hydroxylation is 2. The van der Waals surface area contributed by atoms with Crippen LogP contribution in [0.1, 0.15) is 44.6 Å². The zero-order valence-corrected chi connectivity index (χ0v) is 15.7. The van der Waals surface area contributed by atoms with E-state index in [-0.39, 0.29) is 11.7 Å². The second-order valence-corrected chi connectivity index (χ2v) is 6.79. The molecule has 0 bridgehead atoms. The van der Waals surface area contributed by atoms with E-state index in [1.807, 2.05) is 30.3 Å². The lowest BCUT2D eigenvalue weighted by molar-refractivity contribution is -0.116. The zero-order valence-electron chi connectivity index (χ0n) is 15.7. The highest BCUT2D eigenvalue weighted by atomic mass is 16.4. The van der Waals surface area contributed by atoms with Crippen molar-refractivity contribution in [1.82, 2.24) is 4.57 Å². The molecule has 2 aromatic carbocycles. The van der Waals surface area contributed by atoms with Crippen LogP contribution in [0.4, 0.5) is 5.69 Å². The summed E-state index contributed by atoms with van der Waals surface area (Å²) in [6.45, 7) is 2.66. The smallest absolute Gasteiger partial charge is 0.408 e. The Morgan fingerprint density at radius 3 is 2.59 bits per heavy atom. The molecule has 0 aliphatic rings. The van der Waals surface area contributed by atoms with Crippen LogP contribution in [0.2, 0.25) is 0 Å². The monoisotopic (exact) mass is 366 g/mol. The second kappa shape index (κ2) is 9.21. The molecule has 1 N–H and O–H groups in total. The van der Waals surface area contributed by atoms with Crippen LogP contribution in [0.15, 0.2) is 57.7 Å². The van der Waals surface area contributed by atoms with Crippen LogP contribution in [0, 0.1) is 0 Å². The van der Waals surface area contributed by atoms with E-state index in [0.29, 0.717) is 25.0 Å². The summed E-state index contributed by atoms with van der Waals surface area (Å²) in [4.78, 5) is 24.1. The molecule has 0 radical (unpaired) electrons. The summed E-state index contributed by atoms with van der Waals surface area (Å²) in [7, 11) is 0. The lowest BCUT2D eigenvalue weighted by Crippen LogP contribution is -2.17. The average Bonchev–Trinajstić information content (AvgIpc) is 2.99. The predicted molar refractivity (Wildman–Crippen MR) is 108 cm³/mol. The van der Waals surface area contributed by atoms with Gasteiger partial charge in [0.2, 0.25) is 5.91 Å². The van der Waals surface area contributed by atoms with E-state index in [4.69, 9.17) is 4.42 Å². The number of aromatic nitrogens is 1. The lowest BCUT2D eigenvalue weighted by atomic mass is 10.1. The first-order valence-electron chi connectivity index (χ1n) is 9.64. The molecule has 0 aliphatic heterocycles. The lowest BCUT2D eigenvalue weighted by Gasteiger charge is -2.07. The van der Waals surface area contributed by atoms with Gasteiger partial charge in [-0.05, 0) is 49.1 Å². The highest BCUT2D eigenvalue weighted by molar-refractivity contribution is 5.90. The van der Waals surface area contributed by atoms with E-state index in [0.717, 1.165) is 17.6 Å². The van der Waals surface area contributed by atoms with Gasteiger partial charge < -0.3 is 9.73 Å². The highest BCUT2D eigenvalue weighted by Crippen LogP contribution is 2.14. The average molecular weight is 366 g/mol. The Hall–Kier alpha value is -2.82. The van der Waals surface area contributed by atoms with E-state index in [1.54, 1.807) is 10.6 Å². The summed E-state index contributed by atoms with van der Waals surface area (Å²) in [5, 5.41) is 2.92. The van der Waals surface area contributed by atoms with Crippen molar-refractivity contribution in [3.8, 4) is 0 Å². The largest absolute Gasteiger partial charge is 0.419 e. The fraction of sp³-hybridized carbons (Fsp3) is 0.364. The summed E-state index contributed by atoms with van der Waals surface area (Å²) in [5.41, 5.74) is 3.45. The van der Waals surface area contributed by atoms with Gasteiger partial charge in [0.25, 0.3) is 0 Å². The Balaban J connectivity index is 1.48. The number of carbonyl (C=O) groups is 1. The standard InChI is InChI=1S/C22H26N2O3/c1-2-3-4-8-17-12-14-18(15-13-17)23-21(25)11-7-16-24-19-9-5-6-10-20(19)27-22(24)26/h5-6,9-10,12-15H,2-4,7-8,11,16H2,1H3,(H,23,25). The number of rotatable bonds is 9. The fourth-order valence-electron chi connectivity index (χ4n) is 3.18. The Kier molecular flexibility index (Phi) is 6.47. The summed E-state index contributed by atoms with van der Waals surface area (Å²) in [5.74, 6) is -0.426. The number of nitrogens with one attached hydrogen (secondary N) is 1. The molecular weight excluding hydrogens is 340 g/mol. The molecule has 5 nitrogen and oxygen atoms in total. The fourth-order valence-corrected chi connectivity index (χ4v) is 3.18. The van der Waals surface area contributed by atoms with Gasteiger partial charge >= 0.3 is 5.76 Å². The van der Waals surface area contributed by atoms with Gasteiger partial charge in [0.1, 0.15) is 0 Å². The molecule has 0 unspecified atom stereocenters. The van der Waals surface area contributed by atoms with Crippen LogP contribution in [-0.4, -0.2) is 10.5 Å². The van der Waals surface area contributed by atoms with Gasteiger partial charge in [-0.2, -0.15) is 0 Å². The number of nitrogens with zero attached hydrogens (tertiary/aromatic N) is 1. The van der Waals surface area contributed by atoms with Gasteiger partial charge in [0, 0.05) is 18.7 Å². The molecule has 1 amide bonds. The van der Waals surface area contributed by atoms with E-state index in [2.05, 4.69) is 24.4 Å². The van der Waals surface area contributed by atoms with Crippen LogP contribution in [-0.2, 0) is 17.8 Å². The summed E-state index contributed by atoms with van der Waals surface area (Å²) >= 11 is 0. The van der Waals surface area contributed by atoms with Crippen molar-refractivity contribution in [2.45, 2.75) is 52.0 Å².